The second kappa shape index (κ2) is 10.6. The third kappa shape index (κ3) is 5.70. The van der Waals surface area contributed by atoms with Crippen LogP contribution in [0.1, 0.15) is 21.5 Å². The fourth-order valence-corrected chi connectivity index (χ4v) is 4.01. The number of rotatable bonds is 7. The van der Waals surface area contributed by atoms with Crippen LogP contribution in [0.15, 0.2) is 66.7 Å². The number of nitrogens with zero attached hydrogens (tertiary/aromatic N) is 3. The van der Waals surface area contributed by atoms with E-state index in [0.29, 0.717) is 49.6 Å². The predicted molar refractivity (Wildman–Crippen MR) is 126 cm³/mol. The van der Waals surface area contributed by atoms with Crippen molar-refractivity contribution in [1.82, 2.24) is 9.80 Å². The van der Waals surface area contributed by atoms with Gasteiger partial charge in [-0.25, -0.2) is 4.39 Å². The van der Waals surface area contributed by atoms with Crippen LogP contribution in [-0.4, -0.2) is 46.8 Å². The Hall–Kier alpha value is -3.49. The zero-order valence-corrected chi connectivity index (χ0v) is 19.1. The van der Waals surface area contributed by atoms with Gasteiger partial charge < -0.3 is 9.64 Å². The normalized spacial score (nSPS) is 14.1. The molecule has 0 atom stereocenters. The molecule has 0 radical (unpaired) electrons. The van der Waals surface area contributed by atoms with E-state index >= 15 is 0 Å². The number of nitro benzene ring substituents is 1. The van der Waals surface area contributed by atoms with Gasteiger partial charge in [0.05, 0.1) is 9.95 Å². The molecule has 34 heavy (non-hydrogen) atoms. The molecule has 1 aliphatic rings. The van der Waals surface area contributed by atoms with Gasteiger partial charge in [-0.2, -0.15) is 0 Å². The smallest absolute Gasteiger partial charge is 0.271 e. The van der Waals surface area contributed by atoms with Crippen LogP contribution in [0.5, 0.6) is 5.75 Å². The highest BCUT2D eigenvalue weighted by Gasteiger charge is 2.22. The van der Waals surface area contributed by atoms with Crippen LogP contribution in [0.25, 0.3) is 0 Å². The summed E-state index contributed by atoms with van der Waals surface area (Å²) in [7, 11) is 0. The molecule has 0 spiro atoms. The average molecular weight is 484 g/mol. The van der Waals surface area contributed by atoms with E-state index in [1.165, 1.54) is 24.3 Å². The van der Waals surface area contributed by atoms with Gasteiger partial charge in [0.15, 0.2) is 0 Å². The second-order valence-corrected chi connectivity index (χ2v) is 8.42. The van der Waals surface area contributed by atoms with Crippen molar-refractivity contribution in [3.05, 3.63) is 104 Å². The number of ether oxygens (including phenoxy) is 1. The lowest BCUT2D eigenvalue weighted by molar-refractivity contribution is -0.384. The van der Waals surface area contributed by atoms with Crippen LogP contribution in [0.4, 0.5) is 10.1 Å². The maximum atomic E-state index is 13.9. The van der Waals surface area contributed by atoms with Crippen LogP contribution < -0.4 is 4.74 Å². The monoisotopic (exact) mass is 483 g/mol. The number of benzene rings is 3. The van der Waals surface area contributed by atoms with Crippen molar-refractivity contribution in [3.8, 4) is 5.75 Å². The Kier molecular flexibility index (Phi) is 7.40. The lowest BCUT2D eigenvalue weighted by Crippen LogP contribution is -2.48. The maximum Gasteiger partial charge on any atom is 0.271 e. The summed E-state index contributed by atoms with van der Waals surface area (Å²) in [6.07, 6.45) is 0. The summed E-state index contributed by atoms with van der Waals surface area (Å²) < 4.78 is 19.5. The SMILES string of the molecule is O=C(c1ccc(COc2ccc([N+](=O)[O-])cc2Cl)cc1)N1CCN(Cc2ccccc2F)CC1. The van der Waals surface area contributed by atoms with Gasteiger partial charge in [-0.05, 0) is 29.8 Å². The van der Waals surface area contributed by atoms with Gasteiger partial charge in [0.2, 0.25) is 0 Å². The lowest BCUT2D eigenvalue weighted by Gasteiger charge is -2.34. The molecule has 4 rings (SSSR count). The van der Waals surface area contributed by atoms with Crippen molar-refractivity contribution in [1.29, 1.82) is 0 Å². The van der Waals surface area contributed by atoms with E-state index in [-0.39, 0.29) is 29.0 Å². The number of nitro groups is 1. The fourth-order valence-electron chi connectivity index (χ4n) is 3.78. The van der Waals surface area contributed by atoms with E-state index < -0.39 is 4.92 Å². The molecule has 1 saturated heterocycles. The quantitative estimate of drug-likeness (QED) is 0.352. The maximum absolute atomic E-state index is 13.9. The number of carbonyl (C=O) groups excluding carboxylic acids is 1. The average Bonchev–Trinajstić information content (AvgIpc) is 2.85. The first-order chi connectivity index (χ1) is 16.4. The molecule has 9 heteroatoms. The highest BCUT2D eigenvalue weighted by Crippen LogP contribution is 2.29. The summed E-state index contributed by atoms with van der Waals surface area (Å²) in [5.41, 5.74) is 1.98. The Morgan fingerprint density at radius 3 is 2.38 bits per heavy atom. The summed E-state index contributed by atoms with van der Waals surface area (Å²) >= 11 is 6.05. The van der Waals surface area contributed by atoms with E-state index in [9.17, 15) is 19.3 Å². The van der Waals surface area contributed by atoms with Gasteiger partial charge >= 0.3 is 0 Å². The van der Waals surface area contributed by atoms with Crippen molar-refractivity contribution in [2.45, 2.75) is 13.2 Å². The molecule has 0 unspecified atom stereocenters. The molecule has 0 aliphatic carbocycles. The van der Waals surface area contributed by atoms with Gasteiger partial charge in [-0.1, -0.05) is 41.9 Å². The number of amides is 1. The summed E-state index contributed by atoms with van der Waals surface area (Å²) in [5.74, 6) is 0.0954. The third-order valence-electron chi connectivity index (χ3n) is 5.73. The number of hydrogen-bond acceptors (Lipinski definition) is 5. The van der Waals surface area contributed by atoms with Crippen LogP contribution in [0.3, 0.4) is 0 Å². The molecule has 0 N–H and O–H groups in total. The van der Waals surface area contributed by atoms with E-state index in [2.05, 4.69) is 4.90 Å². The molecule has 0 aromatic heterocycles. The minimum absolute atomic E-state index is 0.0450. The largest absolute Gasteiger partial charge is 0.487 e. The number of carbonyl (C=O) groups is 1. The zero-order chi connectivity index (χ0) is 24.1. The minimum atomic E-state index is -0.519. The van der Waals surface area contributed by atoms with Crippen molar-refractivity contribution < 1.29 is 18.8 Å². The predicted octanol–water partition coefficient (Wildman–Crippen LogP) is 4.92. The molecule has 0 bridgehead atoms. The highest BCUT2D eigenvalue weighted by atomic mass is 35.5. The van der Waals surface area contributed by atoms with Gasteiger partial charge in [-0.15, -0.1) is 0 Å². The van der Waals surface area contributed by atoms with E-state index in [0.717, 1.165) is 5.56 Å². The molecule has 3 aromatic carbocycles. The zero-order valence-electron chi connectivity index (χ0n) is 18.3. The van der Waals surface area contributed by atoms with Crippen LogP contribution in [-0.2, 0) is 13.2 Å². The number of piperazine rings is 1. The Morgan fingerprint density at radius 2 is 1.74 bits per heavy atom. The Labute approximate surface area is 201 Å². The molecule has 0 saturated carbocycles. The molecule has 1 amide bonds. The van der Waals surface area contributed by atoms with Gasteiger partial charge in [0, 0.05) is 56.0 Å². The van der Waals surface area contributed by atoms with Crippen molar-refractivity contribution in [2.75, 3.05) is 26.2 Å². The van der Waals surface area contributed by atoms with Gasteiger partial charge in [0.25, 0.3) is 11.6 Å². The van der Waals surface area contributed by atoms with E-state index in [1.54, 1.807) is 41.3 Å². The molecule has 3 aromatic rings. The van der Waals surface area contributed by atoms with Crippen molar-refractivity contribution in [2.24, 2.45) is 0 Å². The van der Waals surface area contributed by atoms with E-state index in [1.807, 2.05) is 6.07 Å². The first-order valence-corrected chi connectivity index (χ1v) is 11.2. The number of halogens is 2. The Morgan fingerprint density at radius 1 is 1.03 bits per heavy atom. The molecule has 7 nitrogen and oxygen atoms in total. The molecular weight excluding hydrogens is 461 g/mol. The molecule has 1 fully saturated rings. The van der Waals surface area contributed by atoms with Crippen LogP contribution in [0.2, 0.25) is 5.02 Å². The van der Waals surface area contributed by atoms with Crippen LogP contribution in [0, 0.1) is 15.9 Å². The summed E-state index contributed by atoms with van der Waals surface area (Å²) in [6.45, 7) is 3.26. The molecule has 176 valence electrons. The topological polar surface area (TPSA) is 75.9 Å². The first kappa shape index (κ1) is 23.7. The van der Waals surface area contributed by atoms with E-state index in [4.69, 9.17) is 16.3 Å². The van der Waals surface area contributed by atoms with Crippen molar-refractivity contribution >= 4 is 23.2 Å². The molecule has 1 aliphatic heterocycles. The standard InChI is InChI=1S/C25H23ClFN3O4/c26-22-15-21(30(32)33)9-10-24(22)34-17-18-5-7-19(8-6-18)25(31)29-13-11-28(12-14-29)16-20-3-1-2-4-23(20)27/h1-10,15H,11-14,16-17H2. The first-order valence-electron chi connectivity index (χ1n) is 10.8. The van der Waals surface area contributed by atoms with Crippen LogP contribution >= 0.6 is 11.6 Å². The minimum Gasteiger partial charge on any atom is -0.487 e. The fraction of sp³-hybridized carbons (Fsp3) is 0.240. The highest BCUT2D eigenvalue weighted by molar-refractivity contribution is 6.32. The van der Waals surface area contributed by atoms with Crippen molar-refractivity contribution in [3.63, 3.8) is 0 Å². The third-order valence-corrected chi connectivity index (χ3v) is 6.03. The lowest BCUT2D eigenvalue weighted by atomic mass is 10.1. The van der Waals surface area contributed by atoms with Gasteiger partial charge in [-0.3, -0.25) is 19.8 Å². The Balaban J connectivity index is 1.29. The second-order valence-electron chi connectivity index (χ2n) is 8.02. The number of hydrogen-bond donors (Lipinski definition) is 0. The summed E-state index contributed by atoms with van der Waals surface area (Å²) in [4.78, 5) is 27.1. The summed E-state index contributed by atoms with van der Waals surface area (Å²) in [6, 6.07) is 17.9. The summed E-state index contributed by atoms with van der Waals surface area (Å²) in [5, 5.41) is 11.0. The number of non-ortho nitro benzene ring substituents is 1. The molecular formula is C25H23ClFN3O4. The van der Waals surface area contributed by atoms with Gasteiger partial charge in [0.1, 0.15) is 18.2 Å². The molecule has 1 heterocycles. The Bertz CT molecular complexity index is 1180.